The van der Waals surface area contributed by atoms with Crippen LogP contribution in [0.15, 0.2) is 30.4 Å². The van der Waals surface area contributed by atoms with E-state index in [9.17, 15) is 5.11 Å². The van der Waals surface area contributed by atoms with E-state index in [1.165, 1.54) is 0 Å². The quantitative estimate of drug-likeness (QED) is 0.773. The highest BCUT2D eigenvalue weighted by atomic mass is 35.5. The first-order valence-electron chi connectivity index (χ1n) is 5.12. The van der Waals surface area contributed by atoms with E-state index in [4.69, 9.17) is 11.6 Å². The fraction of sp³-hybridized carbons (Fsp3) is 0.333. The maximum Gasteiger partial charge on any atom is 0.138 e. The van der Waals surface area contributed by atoms with Crippen molar-refractivity contribution in [1.82, 2.24) is 5.32 Å². The maximum absolute atomic E-state index is 9.68. The fourth-order valence-corrected chi connectivity index (χ4v) is 1.93. The van der Waals surface area contributed by atoms with Crippen LogP contribution in [0.5, 0.6) is 5.75 Å². The van der Waals surface area contributed by atoms with Gasteiger partial charge in [0.2, 0.25) is 0 Å². The Morgan fingerprint density at radius 3 is 2.80 bits per heavy atom. The van der Waals surface area contributed by atoms with Crippen LogP contribution in [0.4, 0.5) is 0 Å². The van der Waals surface area contributed by atoms with Gasteiger partial charge < -0.3 is 10.4 Å². The van der Waals surface area contributed by atoms with Crippen LogP contribution < -0.4 is 5.32 Å². The second-order valence-electron chi connectivity index (χ2n) is 3.77. The van der Waals surface area contributed by atoms with Crippen LogP contribution in [-0.2, 0) is 6.54 Å². The summed E-state index contributed by atoms with van der Waals surface area (Å²) in [6, 6.07) is 5.93. The Bertz CT molecular complexity index is 368. The van der Waals surface area contributed by atoms with E-state index in [-0.39, 0.29) is 5.75 Å². The Balaban J connectivity index is 1.95. The monoisotopic (exact) mass is 223 g/mol. The van der Waals surface area contributed by atoms with Gasteiger partial charge in [-0.3, -0.25) is 0 Å². The highest BCUT2D eigenvalue weighted by Gasteiger charge is 2.11. The molecule has 0 bridgehead atoms. The Kier molecular flexibility index (Phi) is 3.29. The van der Waals surface area contributed by atoms with E-state index < -0.39 is 0 Å². The molecular formula is C12H14ClNO. The van der Waals surface area contributed by atoms with Gasteiger partial charge in [-0.25, -0.2) is 0 Å². The second-order valence-corrected chi connectivity index (χ2v) is 4.18. The number of nitrogens with one attached hydrogen (secondary N) is 1. The molecule has 80 valence electrons. The van der Waals surface area contributed by atoms with Crippen molar-refractivity contribution in [3.63, 3.8) is 0 Å². The fourth-order valence-electron chi connectivity index (χ4n) is 1.74. The normalized spacial score (nSPS) is 16.1. The third-order valence-corrected chi connectivity index (χ3v) is 2.96. The summed E-state index contributed by atoms with van der Waals surface area (Å²) in [5.74, 6) is 0.192. The molecule has 2 nitrogen and oxygen atoms in total. The minimum absolute atomic E-state index is 0.192. The van der Waals surface area contributed by atoms with Gasteiger partial charge in [0.05, 0.1) is 5.02 Å². The molecule has 0 aromatic heterocycles. The number of para-hydroxylation sites is 1. The van der Waals surface area contributed by atoms with Gasteiger partial charge in [0.25, 0.3) is 0 Å². The Hall–Kier alpha value is -0.990. The lowest BCUT2D eigenvalue weighted by Gasteiger charge is -2.13. The second kappa shape index (κ2) is 4.69. The summed E-state index contributed by atoms with van der Waals surface area (Å²) in [6.45, 7) is 0.665. The van der Waals surface area contributed by atoms with Crippen LogP contribution in [0, 0.1) is 0 Å². The molecule has 15 heavy (non-hydrogen) atoms. The molecule has 0 fully saturated rings. The number of hydrogen-bond acceptors (Lipinski definition) is 2. The van der Waals surface area contributed by atoms with Crippen LogP contribution in [0.3, 0.4) is 0 Å². The molecule has 0 amide bonds. The van der Waals surface area contributed by atoms with Crippen LogP contribution in [0.2, 0.25) is 5.02 Å². The van der Waals surface area contributed by atoms with E-state index in [1.807, 2.05) is 12.1 Å². The SMILES string of the molecule is Oc1c(Cl)cccc1CNC1CC=CC1. The number of aromatic hydroxyl groups is 1. The lowest BCUT2D eigenvalue weighted by Crippen LogP contribution is -2.25. The van der Waals surface area contributed by atoms with Crippen LogP contribution >= 0.6 is 11.6 Å². The molecule has 1 aliphatic rings. The topological polar surface area (TPSA) is 32.3 Å². The van der Waals surface area contributed by atoms with Gasteiger partial charge in [-0.15, -0.1) is 0 Å². The first kappa shape index (κ1) is 10.5. The summed E-state index contributed by atoms with van der Waals surface area (Å²) in [7, 11) is 0. The number of rotatable bonds is 3. The van der Waals surface area contributed by atoms with Crippen LogP contribution in [-0.4, -0.2) is 11.1 Å². The lowest BCUT2D eigenvalue weighted by atomic mass is 10.1. The number of phenolic OH excluding ortho intramolecular Hbond substituents is 1. The predicted octanol–water partition coefficient (Wildman–Crippen LogP) is 2.85. The average molecular weight is 224 g/mol. The molecule has 3 heteroatoms. The molecule has 0 spiro atoms. The average Bonchev–Trinajstić information content (AvgIpc) is 2.73. The van der Waals surface area contributed by atoms with Gasteiger partial charge in [0.1, 0.15) is 5.75 Å². The molecule has 0 saturated carbocycles. The summed E-state index contributed by atoms with van der Waals surface area (Å²) in [5, 5.41) is 13.5. The Morgan fingerprint density at radius 2 is 2.07 bits per heavy atom. The van der Waals surface area contributed by atoms with E-state index >= 15 is 0 Å². The van der Waals surface area contributed by atoms with Gasteiger partial charge in [0, 0.05) is 18.2 Å². The molecule has 0 saturated heterocycles. The number of halogens is 1. The van der Waals surface area contributed by atoms with Crippen molar-refractivity contribution >= 4 is 11.6 Å². The van der Waals surface area contributed by atoms with E-state index in [0.29, 0.717) is 17.6 Å². The van der Waals surface area contributed by atoms with Gasteiger partial charge in [-0.2, -0.15) is 0 Å². The van der Waals surface area contributed by atoms with Crippen molar-refractivity contribution < 1.29 is 5.11 Å². The lowest BCUT2D eigenvalue weighted by molar-refractivity contribution is 0.458. The highest BCUT2D eigenvalue weighted by Crippen LogP contribution is 2.27. The zero-order chi connectivity index (χ0) is 10.7. The van der Waals surface area contributed by atoms with Gasteiger partial charge in [0.15, 0.2) is 0 Å². The van der Waals surface area contributed by atoms with E-state index in [0.717, 1.165) is 18.4 Å². The predicted molar refractivity (Wildman–Crippen MR) is 62.1 cm³/mol. The molecule has 0 unspecified atom stereocenters. The van der Waals surface area contributed by atoms with Crippen molar-refractivity contribution in [2.75, 3.05) is 0 Å². The van der Waals surface area contributed by atoms with E-state index in [1.54, 1.807) is 6.07 Å². The molecule has 1 aliphatic carbocycles. The van der Waals surface area contributed by atoms with Crippen molar-refractivity contribution in [2.24, 2.45) is 0 Å². The van der Waals surface area contributed by atoms with Crippen molar-refractivity contribution in [2.45, 2.75) is 25.4 Å². The summed E-state index contributed by atoms with van der Waals surface area (Å²) in [4.78, 5) is 0. The first-order chi connectivity index (χ1) is 7.27. The van der Waals surface area contributed by atoms with Crippen molar-refractivity contribution in [1.29, 1.82) is 0 Å². The highest BCUT2D eigenvalue weighted by molar-refractivity contribution is 6.32. The van der Waals surface area contributed by atoms with E-state index in [2.05, 4.69) is 17.5 Å². The molecule has 0 atom stereocenters. The first-order valence-corrected chi connectivity index (χ1v) is 5.50. The Morgan fingerprint density at radius 1 is 1.33 bits per heavy atom. The largest absolute Gasteiger partial charge is 0.506 e. The zero-order valence-corrected chi connectivity index (χ0v) is 9.17. The van der Waals surface area contributed by atoms with Crippen LogP contribution in [0.25, 0.3) is 0 Å². The Labute approximate surface area is 94.6 Å². The third kappa shape index (κ3) is 2.52. The van der Waals surface area contributed by atoms with Crippen LogP contribution in [0.1, 0.15) is 18.4 Å². The number of benzene rings is 1. The maximum atomic E-state index is 9.68. The van der Waals surface area contributed by atoms with Gasteiger partial charge >= 0.3 is 0 Å². The smallest absolute Gasteiger partial charge is 0.138 e. The van der Waals surface area contributed by atoms with Crippen molar-refractivity contribution in [3.8, 4) is 5.75 Å². The minimum Gasteiger partial charge on any atom is -0.506 e. The summed E-state index contributed by atoms with van der Waals surface area (Å²) in [5.41, 5.74) is 0.856. The molecular weight excluding hydrogens is 210 g/mol. The standard InChI is InChI=1S/C12H14ClNO/c13-11-7-3-4-9(12(11)15)8-14-10-5-1-2-6-10/h1-4,7,10,14-15H,5-6,8H2. The molecule has 0 aliphatic heterocycles. The summed E-state index contributed by atoms with van der Waals surface area (Å²) < 4.78 is 0. The summed E-state index contributed by atoms with van der Waals surface area (Å²) in [6.07, 6.45) is 6.49. The number of hydrogen-bond donors (Lipinski definition) is 2. The van der Waals surface area contributed by atoms with Crippen molar-refractivity contribution in [3.05, 3.63) is 40.9 Å². The molecule has 2 rings (SSSR count). The molecule has 2 N–H and O–H groups in total. The number of phenols is 1. The molecule has 1 aromatic rings. The third-order valence-electron chi connectivity index (χ3n) is 2.66. The molecule has 1 aromatic carbocycles. The summed E-state index contributed by atoms with van der Waals surface area (Å²) >= 11 is 5.82. The van der Waals surface area contributed by atoms with Gasteiger partial charge in [-0.1, -0.05) is 35.9 Å². The molecule has 0 radical (unpaired) electrons. The van der Waals surface area contributed by atoms with Gasteiger partial charge in [-0.05, 0) is 18.9 Å². The minimum atomic E-state index is 0.192. The zero-order valence-electron chi connectivity index (χ0n) is 8.41. The molecule has 0 heterocycles.